The van der Waals surface area contributed by atoms with E-state index in [1.165, 1.54) is 17.8 Å². The lowest BCUT2D eigenvalue weighted by Gasteiger charge is -2.32. The van der Waals surface area contributed by atoms with Crippen molar-refractivity contribution >= 4 is 29.3 Å². The Balaban J connectivity index is 1.19. The summed E-state index contributed by atoms with van der Waals surface area (Å²) in [5.41, 5.74) is 2.91. The summed E-state index contributed by atoms with van der Waals surface area (Å²) >= 11 is 7.23. The van der Waals surface area contributed by atoms with Gasteiger partial charge in [0.1, 0.15) is 11.6 Å². The quantitative estimate of drug-likeness (QED) is 0.318. The fraction of sp³-hybridized carbons (Fsp3) is 0.346. The van der Waals surface area contributed by atoms with Crippen molar-refractivity contribution in [1.29, 1.82) is 0 Å². The number of halogens is 2. The molecule has 1 atom stereocenters. The summed E-state index contributed by atoms with van der Waals surface area (Å²) in [6.45, 7) is 3.24. The first-order valence-corrected chi connectivity index (χ1v) is 12.9. The monoisotopic (exact) mass is 514 g/mol. The van der Waals surface area contributed by atoms with Crippen LogP contribution in [0.25, 0.3) is 11.1 Å². The molecule has 1 aromatic heterocycles. The molecule has 184 valence electrons. The van der Waals surface area contributed by atoms with Gasteiger partial charge in [0.2, 0.25) is 5.91 Å². The normalized spacial score (nSPS) is 16.1. The Labute approximate surface area is 214 Å². The minimum absolute atomic E-state index is 0.0275. The van der Waals surface area contributed by atoms with E-state index in [9.17, 15) is 9.18 Å². The number of benzene rings is 2. The number of methoxy groups -OCH3 is 1. The fourth-order valence-electron chi connectivity index (χ4n) is 4.12. The summed E-state index contributed by atoms with van der Waals surface area (Å²) in [6, 6.07) is 12.6. The number of carbonyl (C=O) groups excluding carboxylic acids is 1. The molecule has 35 heavy (non-hydrogen) atoms. The molecular formula is C26H28ClFN4O2S. The van der Waals surface area contributed by atoms with Crippen LogP contribution in [0.15, 0.2) is 60.0 Å². The summed E-state index contributed by atoms with van der Waals surface area (Å²) in [4.78, 5) is 23.5. The van der Waals surface area contributed by atoms with E-state index < -0.39 is 5.82 Å². The summed E-state index contributed by atoms with van der Waals surface area (Å²) in [5, 5.41) is 3.77. The zero-order valence-electron chi connectivity index (χ0n) is 19.5. The molecule has 0 radical (unpaired) electrons. The predicted molar refractivity (Wildman–Crippen MR) is 137 cm³/mol. The van der Waals surface area contributed by atoms with Crippen LogP contribution in [0.4, 0.5) is 4.39 Å². The molecule has 1 amide bonds. The average Bonchev–Trinajstić information content (AvgIpc) is 2.89. The average molecular weight is 515 g/mol. The van der Waals surface area contributed by atoms with Crippen molar-refractivity contribution in [2.45, 2.75) is 24.5 Å². The van der Waals surface area contributed by atoms with Gasteiger partial charge in [0.25, 0.3) is 0 Å². The second-order valence-corrected chi connectivity index (χ2v) is 9.92. The van der Waals surface area contributed by atoms with E-state index in [1.807, 2.05) is 24.3 Å². The van der Waals surface area contributed by atoms with E-state index >= 15 is 0 Å². The minimum Gasteiger partial charge on any atom is -0.497 e. The van der Waals surface area contributed by atoms with Crippen LogP contribution in [0.1, 0.15) is 18.4 Å². The lowest BCUT2D eigenvalue weighted by Crippen LogP contribution is -2.41. The Kier molecular flexibility index (Phi) is 8.95. The number of rotatable bonds is 9. The number of likely N-dealkylation sites (tertiary alicyclic amines) is 1. The molecule has 1 unspecified atom stereocenters. The first-order valence-electron chi connectivity index (χ1n) is 11.5. The Hall–Kier alpha value is -2.68. The van der Waals surface area contributed by atoms with Crippen LogP contribution < -0.4 is 10.1 Å². The van der Waals surface area contributed by atoms with Crippen LogP contribution in [-0.4, -0.2) is 53.3 Å². The van der Waals surface area contributed by atoms with E-state index in [0.717, 1.165) is 54.9 Å². The van der Waals surface area contributed by atoms with Gasteiger partial charge in [0.15, 0.2) is 5.16 Å². The lowest BCUT2D eigenvalue weighted by atomic mass is 9.97. The Morgan fingerprint density at radius 3 is 2.69 bits per heavy atom. The zero-order valence-corrected chi connectivity index (χ0v) is 21.1. The highest BCUT2D eigenvalue weighted by atomic mass is 35.5. The van der Waals surface area contributed by atoms with Gasteiger partial charge in [-0.25, -0.2) is 14.4 Å². The van der Waals surface area contributed by atoms with E-state index in [2.05, 4.69) is 20.2 Å². The topological polar surface area (TPSA) is 67.3 Å². The Morgan fingerprint density at radius 1 is 1.20 bits per heavy atom. The molecule has 1 N–H and O–H groups in total. The third-order valence-corrected chi connectivity index (χ3v) is 7.13. The number of nitrogens with zero attached hydrogens (tertiary/aromatic N) is 3. The third-order valence-electron chi connectivity index (χ3n) is 5.97. The van der Waals surface area contributed by atoms with Crippen LogP contribution >= 0.6 is 23.4 Å². The molecule has 1 saturated heterocycles. The maximum Gasteiger partial charge on any atom is 0.230 e. The number of aromatic nitrogens is 2. The van der Waals surface area contributed by atoms with Gasteiger partial charge >= 0.3 is 0 Å². The molecule has 2 aromatic carbocycles. The van der Waals surface area contributed by atoms with Gasteiger partial charge in [-0.15, -0.1) is 0 Å². The highest BCUT2D eigenvalue weighted by molar-refractivity contribution is 7.99. The number of piperidine rings is 1. The van der Waals surface area contributed by atoms with Crippen molar-refractivity contribution < 1.29 is 13.9 Å². The molecule has 1 aliphatic rings. The molecule has 2 heterocycles. The van der Waals surface area contributed by atoms with Crippen LogP contribution in [0.3, 0.4) is 0 Å². The molecule has 1 aliphatic heterocycles. The summed E-state index contributed by atoms with van der Waals surface area (Å²) in [6.07, 6.45) is 5.67. The predicted octanol–water partition coefficient (Wildman–Crippen LogP) is 5.07. The third kappa shape index (κ3) is 7.40. The van der Waals surface area contributed by atoms with Crippen LogP contribution in [0, 0.1) is 11.7 Å². The standard InChI is InChI=1S/C26H28ClFN4O2S/c1-34-22-7-5-20(6-8-22)21-13-30-26(31-14-21)35-17-25(33)29-12-19-3-2-10-32(16-19)15-18-4-9-24(28)23(27)11-18/h4-9,11,13-14,19H,2-3,10,12,15-17H2,1H3,(H,29,33). The molecule has 6 nitrogen and oxygen atoms in total. The zero-order chi connectivity index (χ0) is 24.6. The molecule has 0 bridgehead atoms. The number of nitrogens with one attached hydrogen (secondary N) is 1. The van der Waals surface area contributed by atoms with Crippen molar-refractivity contribution in [3.05, 3.63) is 71.3 Å². The summed E-state index contributed by atoms with van der Waals surface area (Å²) < 4.78 is 18.6. The second-order valence-electron chi connectivity index (χ2n) is 8.57. The molecule has 3 aromatic rings. The lowest BCUT2D eigenvalue weighted by molar-refractivity contribution is -0.118. The number of hydrogen-bond donors (Lipinski definition) is 1. The molecule has 0 saturated carbocycles. The van der Waals surface area contributed by atoms with E-state index in [4.69, 9.17) is 16.3 Å². The van der Waals surface area contributed by atoms with Gasteiger partial charge in [-0.2, -0.15) is 0 Å². The molecule has 0 aliphatic carbocycles. The summed E-state index contributed by atoms with van der Waals surface area (Å²) in [5.74, 6) is 1.03. The Bertz CT molecular complexity index is 1130. The van der Waals surface area contributed by atoms with Crippen molar-refractivity contribution in [3.8, 4) is 16.9 Å². The molecule has 4 rings (SSSR count). The highest BCUT2D eigenvalue weighted by Gasteiger charge is 2.21. The number of amides is 1. The minimum atomic E-state index is -0.397. The van der Waals surface area contributed by atoms with Gasteiger partial charge < -0.3 is 10.1 Å². The molecular weight excluding hydrogens is 487 g/mol. The summed E-state index contributed by atoms with van der Waals surface area (Å²) in [7, 11) is 1.64. The van der Waals surface area contributed by atoms with Crippen molar-refractivity contribution in [3.63, 3.8) is 0 Å². The van der Waals surface area contributed by atoms with Gasteiger partial charge in [-0.3, -0.25) is 9.69 Å². The van der Waals surface area contributed by atoms with E-state index in [0.29, 0.717) is 17.6 Å². The second kappa shape index (κ2) is 12.3. The van der Waals surface area contributed by atoms with Crippen LogP contribution in [0.2, 0.25) is 5.02 Å². The first kappa shape index (κ1) is 25.4. The molecule has 9 heteroatoms. The number of hydrogen-bond acceptors (Lipinski definition) is 6. The SMILES string of the molecule is COc1ccc(-c2cnc(SCC(=O)NCC3CCCN(Cc4ccc(F)c(Cl)c4)C3)nc2)cc1. The smallest absolute Gasteiger partial charge is 0.230 e. The van der Waals surface area contributed by atoms with E-state index in [1.54, 1.807) is 31.6 Å². The van der Waals surface area contributed by atoms with Gasteiger partial charge in [0, 0.05) is 37.6 Å². The van der Waals surface area contributed by atoms with Gasteiger partial charge in [-0.1, -0.05) is 41.6 Å². The van der Waals surface area contributed by atoms with Crippen molar-refractivity contribution in [1.82, 2.24) is 20.2 Å². The van der Waals surface area contributed by atoms with E-state index in [-0.39, 0.29) is 16.7 Å². The first-order chi connectivity index (χ1) is 17.0. The number of carbonyl (C=O) groups is 1. The maximum absolute atomic E-state index is 13.4. The maximum atomic E-state index is 13.4. The van der Waals surface area contributed by atoms with Gasteiger partial charge in [0.05, 0.1) is 17.9 Å². The van der Waals surface area contributed by atoms with Crippen LogP contribution in [-0.2, 0) is 11.3 Å². The number of ether oxygens (including phenoxy) is 1. The van der Waals surface area contributed by atoms with Crippen LogP contribution in [0.5, 0.6) is 5.75 Å². The molecule has 0 spiro atoms. The fourth-order valence-corrected chi connectivity index (χ4v) is 4.94. The Morgan fingerprint density at radius 2 is 1.97 bits per heavy atom. The van der Waals surface area contributed by atoms with Crippen molar-refractivity contribution in [2.24, 2.45) is 5.92 Å². The largest absolute Gasteiger partial charge is 0.497 e. The number of thioether (sulfide) groups is 1. The van der Waals surface area contributed by atoms with Crippen molar-refractivity contribution in [2.75, 3.05) is 32.5 Å². The highest BCUT2D eigenvalue weighted by Crippen LogP contribution is 2.23. The molecule has 1 fully saturated rings. The van der Waals surface area contributed by atoms with Gasteiger partial charge in [-0.05, 0) is 60.7 Å².